The number of nitrogen functional groups attached to an aromatic ring is 1. The number of anilines is 2. The number of sulfonamides is 1. The van der Waals surface area contributed by atoms with Crippen LogP contribution in [0.4, 0.5) is 15.9 Å². The van der Waals surface area contributed by atoms with Gasteiger partial charge in [-0.15, -0.1) is 0 Å². The van der Waals surface area contributed by atoms with Gasteiger partial charge in [0.25, 0.3) is 27.7 Å². The largest absolute Gasteiger partial charge is 0.383 e. The second-order valence-electron chi connectivity index (χ2n) is 16.6. The van der Waals surface area contributed by atoms with E-state index in [2.05, 4.69) is 25.7 Å². The zero-order chi connectivity index (χ0) is 47.4. The summed E-state index contributed by atoms with van der Waals surface area (Å²) in [6, 6.07) is 20.7. The summed E-state index contributed by atoms with van der Waals surface area (Å²) < 4.78 is 44.9. The molecule has 8 rings (SSSR count). The van der Waals surface area contributed by atoms with Gasteiger partial charge in [0.2, 0.25) is 17.7 Å². The summed E-state index contributed by atoms with van der Waals surface area (Å²) in [6.07, 6.45) is 4.53. The molecule has 0 bridgehead atoms. The molecular formula is C49H46FN7O9S. The van der Waals surface area contributed by atoms with E-state index >= 15 is 4.39 Å². The number of nitrogens with zero attached hydrogens (tertiary/aromatic N) is 2. The Morgan fingerprint density at radius 2 is 1.63 bits per heavy atom. The predicted molar refractivity (Wildman–Crippen MR) is 244 cm³/mol. The number of amides is 6. The van der Waals surface area contributed by atoms with Crippen molar-refractivity contribution in [3.05, 3.63) is 130 Å². The lowest BCUT2D eigenvalue weighted by atomic mass is 9.94. The van der Waals surface area contributed by atoms with E-state index in [1.54, 1.807) is 48.5 Å². The molecule has 1 atom stereocenters. The van der Waals surface area contributed by atoms with Gasteiger partial charge in [0.15, 0.2) is 0 Å². The molecule has 6 N–H and O–H groups in total. The highest BCUT2D eigenvalue weighted by atomic mass is 32.2. The summed E-state index contributed by atoms with van der Waals surface area (Å²) >= 11 is 0. The Labute approximate surface area is 385 Å². The fraction of sp³-hybridized carbons (Fsp3) is 0.265. The number of nitrogens with two attached hydrogens (primary N) is 1. The molecule has 16 nitrogen and oxygen atoms in total. The summed E-state index contributed by atoms with van der Waals surface area (Å²) in [7, 11) is -4.24. The zero-order valence-corrected chi connectivity index (χ0v) is 37.0. The molecule has 4 heterocycles. The number of carbonyl (C=O) groups is 7. The Hall–Kier alpha value is -7.60. The summed E-state index contributed by atoms with van der Waals surface area (Å²) in [5.41, 5.74) is 11.0. The van der Waals surface area contributed by atoms with Crippen LogP contribution in [-0.2, 0) is 48.5 Å². The Morgan fingerprint density at radius 3 is 2.43 bits per heavy atom. The van der Waals surface area contributed by atoms with Gasteiger partial charge in [0, 0.05) is 72.9 Å². The Bertz CT molecular complexity index is 2990. The third-order valence-corrected chi connectivity index (χ3v) is 13.4. The standard InChI is InChI=1S/C49H46FN7O9S/c50-40-26-35(13-15-36(40)32-25-39(45(51)54-27-32)30-11-14-37-31(24-30)19-21-53-46(37)61)67(65,66)56-33-8-4-6-28(22-33)23-34(58)9-2-1-3-20-52-42(59)17-12-29-7-5-10-38-44(29)49(64)57(48(38)63)41-16-18-43(60)55-47(41)62/h4-8,10-11,13-15,22,24-27,41,56H,1-3,9,12,16-21,23H2,(H2,51,54)(H,52,59)(H,53,61)(H,55,60,62). The zero-order valence-electron chi connectivity index (χ0n) is 36.2. The highest BCUT2D eigenvalue weighted by Crippen LogP contribution is 2.34. The van der Waals surface area contributed by atoms with E-state index in [1.807, 2.05) is 6.07 Å². The van der Waals surface area contributed by atoms with Crippen molar-refractivity contribution in [3.8, 4) is 22.3 Å². The molecule has 67 heavy (non-hydrogen) atoms. The first kappa shape index (κ1) is 45.9. The van der Waals surface area contributed by atoms with Crippen molar-refractivity contribution in [2.24, 2.45) is 0 Å². The van der Waals surface area contributed by atoms with Crippen molar-refractivity contribution >= 4 is 62.8 Å². The maximum atomic E-state index is 15.7. The lowest BCUT2D eigenvalue weighted by Gasteiger charge is -2.27. The minimum absolute atomic E-state index is 0.0121. The SMILES string of the molecule is Nc1ncc(-c2ccc(S(=O)(=O)Nc3cccc(CC(=O)CCCCCNC(=O)CCc4cccc5c4C(=O)N(C4CCC(=O)NC4=O)C5=O)c3)cc2F)cc1-c1ccc2c(c1)CCNC2=O. The van der Waals surface area contributed by atoms with Crippen molar-refractivity contribution in [3.63, 3.8) is 0 Å². The fourth-order valence-corrected chi connectivity index (χ4v) is 9.66. The highest BCUT2D eigenvalue weighted by molar-refractivity contribution is 7.92. The molecule has 3 aliphatic rings. The predicted octanol–water partition coefficient (Wildman–Crippen LogP) is 5.05. The van der Waals surface area contributed by atoms with Gasteiger partial charge >= 0.3 is 0 Å². The van der Waals surface area contributed by atoms with Gasteiger partial charge in [-0.3, -0.25) is 48.5 Å². The third-order valence-electron chi connectivity index (χ3n) is 12.0. The molecule has 1 unspecified atom stereocenters. The molecule has 1 saturated heterocycles. The van der Waals surface area contributed by atoms with Crippen molar-refractivity contribution in [1.29, 1.82) is 0 Å². The Balaban J connectivity index is 0.780. The number of unbranched alkanes of at least 4 members (excludes halogenated alkanes) is 2. The minimum Gasteiger partial charge on any atom is -0.383 e. The van der Waals surface area contributed by atoms with Gasteiger partial charge in [-0.25, -0.2) is 17.8 Å². The van der Waals surface area contributed by atoms with Crippen LogP contribution in [0.25, 0.3) is 22.3 Å². The van der Waals surface area contributed by atoms with Crippen molar-refractivity contribution in [2.45, 2.75) is 75.1 Å². The van der Waals surface area contributed by atoms with Gasteiger partial charge in [-0.1, -0.05) is 48.9 Å². The van der Waals surface area contributed by atoms with E-state index in [4.69, 9.17) is 5.73 Å². The second kappa shape index (κ2) is 19.5. The molecular weight excluding hydrogens is 882 g/mol. The number of hydrogen-bond donors (Lipinski definition) is 5. The number of benzene rings is 4. The number of halogens is 1. The number of aromatic nitrogens is 1. The monoisotopic (exact) mass is 927 g/mol. The first-order chi connectivity index (χ1) is 32.2. The van der Waals surface area contributed by atoms with Crippen LogP contribution < -0.4 is 26.4 Å². The first-order valence-corrected chi connectivity index (χ1v) is 23.4. The molecule has 1 aromatic heterocycles. The molecule has 4 aromatic carbocycles. The number of rotatable bonds is 17. The van der Waals surface area contributed by atoms with Crippen molar-refractivity contribution in [1.82, 2.24) is 25.8 Å². The number of ketones is 1. The summed E-state index contributed by atoms with van der Waals surface area (Å²) in [4.78, 5) is 93.1. The van der Waals surface area contributed by atoms with E-state index < -0.39 is 45.5 Å². The van der Waals surface area contributed by atoms with Crippen LogP contribution in [0, 0.1) is 5.82 Å². The van der Waals surface area contributed by atoms with E-state index in [0.717, 1.165) is 16.5 Å². The maximum Gasteiger partial charge on any atom is 0.262 e. The second-order valence-corrected chi connectivity index (χ2v) is 18.3. The molecule has 0 spiro atoms. The average Bonchev–Trinajstić information content (AvgIpc) is 3.55. The summed E-state index contributed by atoms with van der Waals surface area (Å²) in [5, 5.41) is 7.82. The van der Waals surface area contributed by atoms with E-state index in [0.29, 0.717) is 72.2 Å². The van der Waals surface area contributed by atoms with E-state index in [9.17, 15) is 42.0 Å². The quantitative estimate of drug-likeness (QED) is 0.0611. The van der Waals surface area contributed by atoms with E-state index in [1.165, 1.54) is 30.5 Å². The molecule has 344 valence electrons. The molecule has 6 amide bonds. The lowest BCUT2D eigenvalue weighted by Crippen LogP contribution is -2.54. The molecule has 0 aliphatic carbocycles. The van der Waals surface area contributed by atoms with Crippen molar-refractivity contribution < 1.29 is 46.4 Å². The minimum atomic E-state index is -4.24. The smallest absolute Gasteiger partial charge is 0.262 e. The van der Waals surface area contributed by atoms with Crippen LogP contribution >= 0.6 is 0 Å². The van der Waals surface area contributed by atoms with E-state index in [-0.39, 0.29) is 89.2 Å². The van der Waals surface area contributed by atoms with Crippen LogP contribution in [-0.4, -0.2) is 78.7 Å². The number of hydrogen-bond acceptors (Lipinski definition) is 11. The van der Waals surface area contributed by atoms with Crippen LogP contribution in [0.2, 0.25) is 0 Å². The number of nitrogens with one attached hydrogen (secondary N) is 4. The highest BCUT2D eigenvalue weighted by Gasteiger charge is 2.45. The number of carbonyl (C=O) groups excluding carboxylic acids is 7. The number of imide groups is 2. The molecule has 18 heteroatoms. The number of fused-ring (bicyclic) bond motifs is 2. The Kier molecular flexibility index (Phi) is 13.4. The van der Waals surface area contributed by atoms with Gasteiger partial charge < -0.3 is 16.4 Å². The normalized spacial score (nSPS) is 15.7. The van der Waals surface area contributed by atoms with Crippen LogP contribution in [0.3, 0.4) is 0 Å². The number of aryl methyl sites for hydroxylation is 1. The van der Waals surface area contributed by atoms with Gasteiger partial charge in [-0.05, 0) is 96.8 Å². The third kappa shape index (κ3) is 10.1. The molecule has 0 radical (unpaired) electrons. The van der Waals surface area contributed by atoms with Crippen LogP contribution in [0.5, 0.6) is 0 Å². The average molecular weight is 928 g/mol. The fourth-order valence-electron chi connectivity index (χ4n) is 8.60. The summed E-state index contributed by atoms with van der Waals surface area (Å²) in [5.74, 6) is -3.44. The van der Waals surface area contributed by atoms with Crippen LogP contribution in [0.15, 0.2) is 96.0 Å². The van der Waals surface area contributed by atoms with Crippen LogP contribution in [0.1, 0.15) is 92.7 Å². The molecule has 0 saturated carbocycles. The molecule has 5 aromatic rings. The van der Waals surface area contributed by atoms with Gasteiger partial charge in [0.1, 0.15) is 23.5 Å². The molecule has 3 aliphatic heterocycles. The van der Waals surface area contributed by atoms with Gasteiger partial charge in [-0.2, -0.15) is 0 Å². The number of pyridine rings is 1. The Morgan fingerprint density at radius 1 is 0.821 bits per heavy atom. The maximum absolute atomic E-state index is 15.7. The topological polar surface area (TPSA) is 244 Å². The van der Waals surface area contributed by atoms with Crippen molar-refractivity contribution in [2.75, 3.05) is 23.5 Å². The molecule has 1 fully saturated rings. The first-order valence-electron chi connectivity index (χ1n) is 21.9. The summed E-state index contributed by atoms with van der Waals surface area (Å²) in [6.45, 7) is 0.882. The van der Waals surface area contributed by atoms with Gasteiger partial charge in [0.05, 0.1) is 16.0 Å². The number of piperidine rings is 1. The number of Topliss-reactive ketones (excluding diaryl/α,β-unsaturated/α-hetero) is 1. The lowest BCUT2D eigenvalue weighted by molar-refractivity contribution is -0.136.